The molecule has 7 nitrogen and oxygen atoms in total. The number of piperidine rings is 1. The van der Waals surface area contributed by atoms with Crippen LogP contribution in [-0.2, 0) is 16.1 Å². The van der Waals surface area contributed by atoms with Gasteiger partial charge in [-0.05, 0) is 43.6 Å². The Bertz CT molecular complexity index is 643. The van der Waals surface area contributed by atoms with E-state index in [1.165, 1.54) is 6.33 Å². The molecule has 1 aliphatic heterocycles. The number of aromatic nitrogens is 3. The number of hydrogen-bond donors (Lipinski definition) is 2. The first-order valence-electron chi connectivity index (χ1n) is 8.15. The molecule has 0 bridgehead atoms. The smallest absolute Gasteiger partial charge is 0.228 e. The van der Waals surface area contributed by atoms with Crippen molar-refractivity contribution >= 4 is 5.91 Å². The van der Waals surface area contributed by atoms with E-state index < -0.39 is 5.41 Å². The third-order valence-electron chi connectivity index (χ3n) is 4.54. The van der Waals surface area contributed by atoms with Gasteiger partial charge in [0.05, 0.1) is 17.7 Å². The first-order chi connectivity index (χ1) is 11.7. The summed E-state index contributed by atoms with van der Waals surface area (Å²) in [6.07, 6.45) is 4.76. The molecule has 2 aromatic rings. The summed E-state index contributed by atoms with van der Waals surface area (Å²) in [6.45, 7) is 2.67. The predicted octanol–water partition coefficient (Wildman–Crippen LogP) is 0.900. The second kappa shape index (κ2) is 7.55. The molecule has 0 saturated carbocycles. The van der Waals surface area contributed by atoms with Crippen LogP contribution in [0.15, 0.2) is 36.9 Å². The number of methoxy groups -OCH3 is 1. The van der Waals surface area contributed by atoms with Crippen LogP contribution in [0.5, 0.6) is 0 Å². The van der Waals surface area contributed by atoms with E-state index in [9.17, 15) is 4.79 Å². The average molecular weight is 329 g/mol. The third kappa shape index (κ3) is 3.63. The first kappa shape index (κ1) is 16.6. The lowest BCUT2D eigenvalue weighted by atomic mass is 9.78. The molecule has 1 aliphatic rings. The summed E-state index contributed by atoms with van der Waals surface area (Å²) in [5.74, 6) is 0.0752. The summed E-state index contributed by atoms with van der Waals surface area (Å²) >= 11 is 0. The molecule has 2 N–H and O–H groups in total. The fourth-order valence-electron chi connectivity index (χ4n) is 3.10. The molecule has 1 aromatic carbocycles. The van der Waals surface area contributed by atoms with Crippen molar-refractivity contribution in [1.82, 2.24) is 25.4 Å². The standard InChI is InChI=1S/C17H23N5O2/c1-24-11-17(6-8-18-9-7-17)16(23)20-10-14-2-4-15(5-3-14)22-13-19-12-21-22/h2-5,12-13,18H,6-11H2,1H3,(H,20,23). The molecule has 0 aliphatic carbocycles. The Balaban J connectivity index is 1.61. The third-order valence-corrected chi connectivity index (χ3v) is 4.54. The van der Waals surface area contributed by atoms with E-state index in [0.29, 0.717) is 13.2 Å². The van der Waals surface area contributed by atoms with E-state index in [2.05, 4.69) is 20.7 Å². The summed E-state index contributed by atoms with van der Waals surface area (Å²) in [6, 6.07) is 7.91. The van der Waals surface area contributed by atoms with Gasteiger partial charge in [-0.1, -0.05) is 12.1 Å². The molecule has 1 amide bonds. The van der Waals surface area contributed by atoms with Gasteiger partial charge in [0, 0.05) is 13.7 Å². The topological polar surface area (TPSA) is 81.1 Å². The molecule has 128 valence electrons. The van der Waals surface area contributed by atoms with Gasteiger partial charge in [0.2, 0.25) is 5.91 Å². The van der Waals surface area contributed by atoms with Gasteiger partial charge in [0.1, 0.15) is 12.7 Å². The van der Waals surface area contributed by atoms with Gasteiger partial charge in [-0.15, -0.1) is 0 Å². The van der Waals surface area contributed by atoms with Crippen LogP contribution in [0.25, 0.3) is 5.69 Å². The lowest BCUT2D eigenvalue weighted by Crippen LogP contribution is -2.49. The molecule has 0 radical (unpaired) electrons. The van der Waals surface area contributed by atoms with Gasteiger partial charge in [-0.2, -0.15) is 5.10 Å². The monoisotopic (exact) mass is 329 g/mol. The quantitative estimate of drug-likeness (QED) is 0.823. The molecule has 0 spiro atoms. The van der Waals surface area contributed by atoms with Crippen LogP contribution in [0, 0.1) is 5.41 Å². The normalized spacial score (nSPS) is 16.7. The zero-order chi connectivity index (χ0) is 16.8. The molecule has 0 unspecified atom stereocenters. The average Bonchev–Trinajstić information content (AvgIpc) is 3.16. The van der Waals surface area contributed by atoms with Crippen LogP contribution in [0.4, 0.5) is 0 Å². The van der Waals surface area contributed by atoms with Crippen LogP contribution in [0.2, 0.25) is 0 Å². The second-order valence-corrected chi connectivity index (χ2v) is 6.15. The number of nitrogens with one attached hydrogen (secondary N) is 2. The predicted molar refractivity (Wildman–Crippen MR) is 89.6 cm³/mol. The van der Waals surface area contributed by atoms with Gasteiger partial charge in [0.25, 0.3) is 0 Å². The zero-order valence-electron chi connectivity index (χ0n) is 13.9. The highest BCUT2D eigenvalue weighted by Gasteiger charge is 2.39. The number of ether oxygens (including phenoxy) is 1. The maximum atomic E-state index is 12.7. The Morgan fingerprint density at radius 3 is 2.71 bits per heavy atom. The van der Waals surface area contributed by atoms with E-state index in [0.717, 1.165) is 37.2 Å². The Labute approximate surface area is 141 Å². The Morgan fingerprint density at radius 2 is 2.08 bits per heavy atom. The van der Waals surface area contributed by atoms with Crippen molar-refractivity contribution in [3.05, 3.63) is 42.5 Å². The first-order valence-corrected chi connectivity index (χ1v) is 8.15. The Hall–Kier alpha value is -2.25. The molecular weight excluding hydrogens is 306 g/mol. The molecular formula is C17H23N5O2. The van der Waals surface area contributed by atoms with Crippen LogP contribution < -0.4 is 10.6 Å². The van der Waals surface area contributed by atoms with E-state index in [-0.39, 0.29) is 5.91 Å². The number of hydrogen-bond acceptors (Lipinski definition) is 5. The molecule has 1 fully saturated rings. The van der Waals surface area contributed by atoms with Crippen LogP contribution in [0.3, 0.4) is 0 Å². The van der Waals surface area contributed by atoms with Gasteiger partial charge in [-0.25, -0.2) is 9.67 Å². The van der Waals surface area contributed by atoms with E-state index in [1.54, 1.807) is 18.1 Å². The summed E-state index contributed by atoms with van der Waals surface area (Å²) in [5.41, 5.74) is 1.58. The highest BCUT2D eigenvalue weighted by atomic mass is 16.5. The van der Waals surface area contributed by atoms with Gasteiger partial charge in [-0.3, -0.25) is 4.79 Å². The number of carbonyl (C=O) groups excluding carboxylic acids is 1. The molecule has 0 atom stereocenters. The molecule has 2 heterocycles. The maximum absolute atomic E-state index is 12.7. The minimum Gasteiger partial charge on any atom is -0.384 e. The van der Waals surface area contributed by atoms with E-state index in [1.807, 2.05) is 24.3 Å². The number of amides is 1. The van der Waals surface area contributed by atoms with Crippen LogP contribution in [0.1, 0.15) is 18.4 Å². The van der Waals surface area contributed by atoms with Crippen molar-refractivity contribution in [3.8, 4) is 5.69 Å². The number of carbonyl (C=O) groups is 1. The van der Waals surface area contributed by atoms with E-state index >= 15 is 0 Å². The number of rotatable bonds is 6. The van der Waals surface area contributed by atoms with Crippen LogP contribution >= 0.6 is 0 Å². The minimum absolute atomic E-state index is 0.0752. The summed E-state index contributed by atoms with van der Waals surface area (Å²) < 4.78 is 7.01. The minimum atomic E-state index is -0.416. The lowest BCUT2D eigenvalue weighted by molar-refractivity contribution is -0.136. The highest BCUT2D eigenvalue weighted by Crippen LogP contribution is 2.29. The number of nitrogens with zero attached hydrogens (tertiary/aromatic N) is 3. The highest BCUT2D eigenvalue weighted by molar-refractivity contribution is 5.83. The van der Waals surface area contributed by atoms with Gasteiger partial charge < -0.3 is 15.4 Å². The Morgan fingerprint density at radius 1 is 1.33 bits per heavy atom. The van der Waals surface area contributed by atoms with Gasteiger partial charge >= 0.3 is 0 Å². The largest absolute Gasteiger partial charge is 0.384 e. The van der Waals surface area contributed by atoms with Crippen molar-refractivity contribution in [1.29, 1.82) is 0 Å². The van der Waals surface area contributed by atoms with Crippen molar-refractivity contribution in [2.24, 2.45) is 5.41 Å². The summed E-state index contributed by atoms with van der Waals surface area (Å²) in [5, 5.41) is 10.5. The molecule has 7 heteroatoms. The second-order valence-electron chi connectivity index (χ2n) is 6.15. The van der Waals surface area contributed by atoms with E-state index in [4.69, 9.17) is 4.74 Å². The lowest BCUT2D eigenvalue weighted by Gasteiger charge is -2.35. The van der Waals surface area contributed by atoms with Crippen molar-refractivity contribution in [2.45, 2.75) is 19.4 Å². The Kier molecular flexibility index (Phi) is 5.22. The number of benzene rings is 1. The zero-order valence-corrected chi connectivity index (χ0v) is 13.9. The summed E-state index contributed by atoms with van der Waals surface area (Å²) in [7, 11) is 1.65. The van der Waals surface area contributed by atoms with Crippen molar-refractivity contribution < 1.29 is 9.53 Å². The SMILES string of the molecule is COCC1(C(=O)NCc2ccc(-n3cncn3)cc2)CCNCC1. The molecule has 24 heavy (non-hydrogen) atoms. The molecule has 1 aromatic heterocycles. The van der Waals surface area contributed by atoms with Crippen molar-refractivity contribution in [3.63, 3.8) is 0 Å². The van der Waals surface area contributed by atoms with Gasteiger partial charge in [0.15, 0.2) is 0 Å². The van der Waals surface area contributed by atoms with Crippen LogP contribution in [-0.4, -0.2) is 47.5 Å². The molecule has 3 rings (SSSR count). The fraction of sp³-hybridized carbons (Fsp3) is 0.471. The fourth-order valence-corrected chi connectivity index (χ4v) is 3.10. The maximum Gasteiger partial charge on any atom is 0.228 e. The van der Waals surface area contributed by atoms with Crippen molar-refractivity contribution in [2.75, 3.05) is 26.8 Å². The molecule has 1 saturated heterocycles. The summed E-state index contributed by atoms with van der Waals surface area (Å²) in [4.78, 5) is 16.6.